The number of nitrogens with one attached hydrogen (secondary N) is 2. The van der Waals surface area contributed by atoms with Gasteiger partial charge in [0.1, 0.15) is 16.9 Å². The smallest absolute Gasteiger partial charge is 0.341 e. The number of carbonyl (C=O) groups is 3. The number of anilines is 2. The first kappa shape index (κ1) is 21.8. The topological polar surface area (TPSA) is 103 Å². The number of esters is 1. The quantitative estimate of drug-likeness (QED) is 0.648. The van der Waals surface area contributed by atoms with Crippen molar-refractivity contribution in [3.8, 4) is 5.75 Å². The average Bonchev–Trinajstić information content (AvgIpc) is 3.37. The Morgan fingerprint density at radius 1 is 1.23 bits per heavy atom. The van der Waals surface area contributed by atoms with Crippen molar-refractivity contribution in [2.45, 2.75) is 32.8 Å². The molecule has 0 spiro atoms. The summed E-state index contributed by atoms with van der Waals surface area (Å²) < 4.78 is 15.8. The van der Waals surface area contributed by atoms with E-state index in [9.17, 15) is 14.4 Å². The summed E-state index contributed by atoms with van der Waals surface area (Å²) in [7, 11) is 1.51. The summed E-state index contributed by atoms with van der Waals surface area (Å²) in [5, 5.41) is 5.81. The van der Waals surface area contributed by atoms with Gasteiger partial charge in [-0.2, -0.15) is 0 Å². The molecule has 1 aromatic carbocycles. The van der Waals surface area contributed by atoms with E-state index in [1.165, 1.54) is 7.11 Å². The maximum atomic E-state index is 12.9. The van der Waals surface area contributed by atoms with E-state index < -0.39 is 18.0 Å². The molecule has 1 aliphatic rings. The monoisotopic (exact) mass is 432 g/mol. The lowest BCUT2D eigenvalue weighted by molar-refractivity contribution is -0.124. The van der Waals surface area contributed by atoms with Gasteiger partial charge in [-0.05, 0) is 44.4 Å². The highest BCUT2D eigenvalue weighted by Crippen LogP contribution is 2.35. The number of benzene rings is 1. The van der Waals surface area contributed by atoms with Gasteiger partial charge < -0.3 is 24.8 Å². The van der Waals surface area contributed by atoms with Crippen molar-refractivity contribution >= 4 is 39.8 Å². The fourth-order valence-electron chi connectivity index (χ4n) is 3.17. The molecule has 9 heteroatoms. The third kappa shape index (κ3) is 4.63. The van der Waals surface area contributed by atoms with Crippen LogP contribution in [0.25, 0.3) is 0 Å². The second kappa shape index (κ2) is 9.73. The Kier molecular flexibility index (Phi) is 7.07. The second-order valence-electron chi connectivity index (χ2n) is 6.63. The zero-order valence-electron chi connectivity index (χ0n) is 17.1. The minimum atomic E-state index is -0.592. The zero-order valence-corrected chi connectivity index (χ0v) is 17.9. The van der Waals surface area contributed by atoms with Gasteiger partial charge in [-0.15, -0.1) is 11.3 Å². The third-order valence-corrected chi connectivity index (χ3v) is 5.85. The lowest BCUT2D eigenvalue weighted by Gasteiger charge is -2.10. The van der Waals surface area contributed by atoms with Crippen molar-refractivity contribution in [2.24, 2.45) is 0 Å². The van der Waals surface area contributed by atoms with Crippen LogP contribution in [-0.4, -0.2) is 44.2 Å². The van der Waals surface area contributed by atoms with Gasteiger partial charge in [-0.3, -0.25) is 9.59 Å². The summed E-state index contributed by atoms with van der Waals surface area (Å²) in [4.78, 5) is 38.3. The van der Waals surface area contributed by atoms with Crippen molar-refractivity contribution in [3.63, 3.8) is 0 Å². The first-order valence-corrected chi connectivity index (χ1v) is 10.4. The van der Waals surface area contributed by atoms with Crippen molar-refractivity contribution < 1.29 is 28.6 Å². The molecule has 30 heavy (non-hydrogen) atoms. The van der Waals surface area contributed by atoms with Crippen LogP contribution in [0.5, 0.6) is 5.75 Å². The van der Waals surface area contributed by atoms with E-state index in [1.54, 1.807) is 38.1 Å². The Labute approximate surface area is 178 Å². The fraction of sp³-hybridized carbons (Fsp3) is 0.381. The number of carbonyl (C=O) groups excluding carboxylic acids is 3. The lowest BCUT2D eigenvalue weighted by Crippen LogP contribution is -2.27. The van der Waals surface area contributed by atoms with Gasteiger partial charge in [0.25, 0.3) is 11.8 Å². The first-order chi connectivity index (χ1) is 14.5. The van der Waals surface area contributed by atoms with Gasteiger partial charge in [-0.25, -0.2) is 4.79 Å². The van der Waals surface area contributed by atoms with Crippen LogP contribution in [-0.2, 0) is 14.3 Å². The summed E-state index contributed by atoms with van der Waals surface area (Å²) in [6, 6.07) is 7.01. The number of hydrogen-bond donors (Lipinski definition) is 2. The molecule has 1 aliphatic heterocycles. The van der Waals surface area contributed by atoms with Gasteiger partial charge in [0.2, 0.25) is 0 Å². The molecular formula is C21H24N2O6S. The summed E-state index contributed by atoms with van der Waals surface area (Å²) >= 11 is 1.03. The van der Waals surface area contributed by atoms with Crippen LogP contribution in [0.4, 0.5) is 10.7 Å². The highest BCUT2D eigenvalue weighted by atomic mass is 32.1. The predicted octanol–water partition coefficient (Wildman–Crippen LogP) is 3.61. The van der Waals surface area contributed by atoms with Gasteiger partial charge in [0.15, 0.2) is 0 Å². The van der Waals surface area contributed by atoms with Crippen LogP contribution in [0.2, 0.25) is 0 Å². The Hall–Kier alpha value is -2.91. The first-order valence-electron chi connectivity index (χ1n) is 9.63. The molecule has 0 bridgehead atoms. The molecule has 0 unspecified atom stereocenters. The van der Waals surface area contributed by atoms with Crippen LogP contribution in [0.15, 0.2) is 24.3 Å². The maximum Gasteiger partial charge on any atom is 0.341 e. The van der Waals surface area contributed by atoms with Crippen molar-refractivity contribution in [1.82, 2.24) is 0 Å². The molecule has 0 radical (unpaired) electrons. The number of hydrogen-bond acceptors (Lipinski definition) is 7. The molecule has 1 aromatic heterocycles. The molecule has 2 amide bonds. The summed E-state index contributed by atoms with van der Waals surface area (Å²) in [5.41, 5.74) is 1.12. The van der Waals surface area contributed by atoms with Crippen molar-refractivity contribution in [3.05, 3.63) is 40.3 Å². The molecule has 1 saturated heterocycles. The Bertz CT molecular complexity index is 949. The van der Waals surface area contributed by atoms with Gasteiger partial charge in [-0.1, -0.05) is 12.1 Å². The second-order valence-corrected chi connectivity index (χ2v) is 7.65. The molecule has 0 aliphatic carbocycles. The summed E-state index contributed by atoms with van der Waals surface area (Å²) in [5.74, 6) is -0.830. The minimum absolute atomic E-state index is 0.177. The number of thiophene rings is 1. The molecule has 3 rings (SSSR count). The van der Waals surface area contributed by atoms with Gasteiger partial charge in [0, 0.05) is 6.61 Å². The van der Waals surface area contributed by atoms with Crippen LogP contribution >= 0.6 is 11.3 Å². The van der Waals surface area contributed by atoms with E-state index >= 15 is 0 Å². The van der Waals surface area contributed by atoms with Crippen molar-refractivity contribution in [1.29, 1.82) is 0 Å². The molecule has 160 valence electrons. The summed E-state index contributed by atoms with van der Waals surface area (Å²) in [6.45, 7) is 4.05. The Morgan fingerprint density at radius 2 is 2.00 bits per heavy atom. The van der Waals surface area contributed by atoms with Crippen molar-refractivity contribution in [2.75, 3.05) is 31.0 Å². The van der Waals surface area contributed by atoms with E-state index in [-0.39, 0.29) is 23.1 Å². The number of ether oxygens (including phenoxy) is 3. The predicted molar refractivity (Wildman–Crippen MR) is 114 cm³/mol. The largest absolute Gasteiger partial charge is 0.495 e. The summed E-state index contributed by atoms with van der Waals surface area (Å²) in [6.07, 6.45) is 0.860. The Balaban J connectivity index is 1.91. The average molecular weight is 432 g/mol. The standard InChI is InChI=1S/C21H24N2O6S/c1-4-28-21(26)16-12(2)17(19(25)22-13-8-5-6-9-14(13)27-3)30-20(16)23-18(24)15-10-7-11-29-15/h5-6,8-9,15H,4,7,10-11H2,1-3H3,(H,22,25)(H,23,24)/t15-/m1/s1. The highest BCUT2D eigenvalue weighted by molar-refractivity contribution is 7.19. The molecule has 1 fully saturated rings. The zero-order chi connectivity index (χ0) is 21.7. The molecule has 2 N–H and O–H groups in total. The number of para-hydroxylation sites is 2. The fourth-order valence-corrected chi connectivity index (χ4v) is 4.26. The lowest BCUT2D eigenvalue weighted by atomic mass is 10.1. The molecule has 2 heterocycles. The van der Waals surface area contributed by atoms with E-state index in [0.717, 1.165) is 17.8 Å². The Morgan fingerprint density at radius 3 is 2.67 bits per heavy atom. The van der Waals surface area contributed by atoms with Crippen LogP contribution in [0, 0.1) is 6.92 Å². The SMILES string of the molecule is CCOC(=O)c1c(NC(=O)[C@H]2CCCO2)sc(C(=O)Nc2ccccc2OC)c1C. The van der Waals surface area contributed by atoms with Gasteiger partial charge >= 0.3 is 5.97 Å². The van der Waals surface area contributed by atoms with E-state index in [2.05, 4.69) is 10.6 Å². The van der Waals surface area contributed by atoms with Crippen LogP contribution in [0.3, 0.4) is 0 Å². The number of methoxy groups -OCH3 is 1. The van der Waals surface area contributed by atoms with E-state index in [0.29, 0.717) is 34.9 Å². The number of amides is 2. The third-order valence-electron chi connectivity index (χ3n) is 4.65. The highest BCUT2D eigenvalue weighted by Gasteiger charge is 2.30. The minimum Gasteiger partial charge on any atom is -0.495 e. The van der Waals surface area contributed by atoms with Crippen LogP contribution in [0.1, 0.15) is 45.4 Å². The van der Waals surface area contributed by atoms with E-state index in [4.69, 9.17) is 14.2 Å². The number of rotatable bonds is 7. The molecular weight excluding hydrogens is 408 g/mol. The molecule has 2 aromatic rings. The van der Waals surface area contributed by atoms with Crippen LogP contribution < -0.4 is 15.4 Å². The molecule has 0 saturated carbocycles. The van der Waals surface area contributed by atoms with E-state index in [1.807, 2.05) is 0 Å². The molecule has 1 atom stereocenters. The molecule has 8 nitrogen and oxygen atoms in total. The normalized spacial score (nSPS) is 15.5. The maximum absolute atomic E-state index is 12.9. The van der Waals surface area contributed by atoms with Gasteiger partial charge in [0.05, 0.1) is 29.8 Å².